The first kappa shape index (κ1) is 9.70. The van der Waals surface area contributed by atoms with Gasteiger partial charge in [-0.2, -0.15) is 0 Å². The number of fused-ring (bicyclic) bond motifs is 1. The topological polar surface area (TPSA) is 68.5 Å². The van der Waals surface area contributed by atoms with Crippen LogP contribution in [0.4, 0.5) is 11.5 Å². The molecule has 0 fully saturated rings. The molecule has 2 heterocycles. The lowest BCUT2D eigenvalue weighted by molar-refractivity contribution is -0.385. The summed E-state index contributed by atoms with van der Waals surface area (Å²) >= 11 is 0. The first-order valence-corrected chi connectivity index (χ1v) is 4.74. The summed E-state index contributed by atoms with van der Waals surface area (Å²) in [5.41, 5.74) is -0.0355. The van der Waals surface area contributed by atoms with Crippen molar-refractivity contribution in [3.05, 3.63) is 22.4 Å². The largest absolute Gasteiger partial charge is 0.488 e. The fourth-order valence-corrected chi connectivity index (χ4v) is 1.55. The number of pyridine rings is 1. The van der Waals surface area contributed by atoms with E-state index in [9.17, 15) is 10.1 Å². The van der Waals surface area contributed by atoms with Gasteiger partial charge < -0.3 is 9.64 Å². The fourth-order valence-electron chi connectivity index (χ4n) is 1.55. The number of likely N-dealkylation sites (N-methyl/N-ethyl adjacent to an activating group) is 1. The van der Waals surface area contributed by atoms with E-state index in [0.29, 0.717) is 18.2 Å². The number of nitrogens with zero attached hydrogens (tertiary/aromatic N) is 3. The highest BCUT2D eigenvalue weighted by Gasteiger charge is 2.21. The number of nitro groups is 1. The quantitative estimate of drug-likeness (QED) is 0.541. The van der Waals surface area contributed by atoms with Crippen molar-refractivity contribution in [3.63, 3.8) is 0 Å². The standard InChI is InChI=1S/C9H11N3O3/c1-2-11-3-4-15-8-5-7(12(13)14)6-10-9(8)11/h5-6H,2-4H2,1H3. The molecule has 0 bridgehead atoms. The van der Waals surface area contributed by atoms with Gasteiger partial charge in [-0.15, -0.1) is 0 Å². The highest BCUT2D eigenvalue weighted by atomic mass is 16.6. The third-order valence-corrected chi connectivity index (χ3v) is 2.33. The van der Waals surface area contributed by atoms with Gasteiger partial charge in [0.25, 0.3) is 5.69 Å². The van der Waals surface area contributed by atoms with Crippen molar-refractivity contribution in [1.82, 2.24) is 4.98 Å². The van der Waals surface area contributed by atoms with E-state index in [-0.39, 0.29) is 5.69 Å². The molecule has 0 aliphatic carbocycles. The van der Waals surface area contributed by atoms with Crippen LogP contribution in [0.15, 0.2) is 12.3 Å². The Morgan fingerprint density at radius 2 is 2.53 bits per heavy atom. The van der Waals surface area contributed by atoms with E-state index in [1.165, 1.54) is 12.3 Å². The van der Waals surface area contributed by atoms with E-state index in [1.807, 2.05) is 11.8 Å². The second-order valence-electron chi connectivity index (χ2n) is 3.20. The first-order valence-electron chi connectivity index (χ1n) is 4.74. The van der Waals surface area contributed by atoms with Crippen LogP contribution in [-0.2, 0) is 0 Å². The SMILES string of the molecule is CCN1CCOc2cc([N+](=O)[O-])cnc21. The van der Waals surface area contributed by atoms with Crippen molar-refractivity contribution in [2.75, 3.05) is 24.6 Å². The van der Waals surface area contributed by atoms with Crippen LogP contribution in [0.5, 0.6) is 5.75 Å². The van der Waals surface area contributed by atoms with Crippen molar-refractivity contribution < 1.29 is 9.66 Å². The number of hydrogen-bond acceptors (Lipinski definition) is 5. The van der Waals surface area contributed by atoms with E-state index in [2.05, 4.69) is 4.98 Å². The van der Waals surface area contributed by atoms with Gasteiger partial charge in [0.1, 0.15) is 12.8 Å². The average molecular weight is 209 g/mol. The van der Waals surface area contributed by atoms with Gasteiger partial charge in [0.15, 0.2) is 11.6 Å². The van der Waals surface area contributed by atoms with E-state index in [1.54, 1.807) is 0 Å². The summed E-state index contributed by atoms with van der Waals surface area (Å²) in [6.45, 7) is 4.15. The summed E-state index contributed by atoms with van der Waals surface area (Å²) in [7, 11) is 0. The van der Waals surface area contributed by atoms with Crippen LogP contribution in [0, 0.1) is 10.1 Å². The Bertz CT molecular complexity index is 394. The molecule has 1 aromatic heterocycles. The number of rotatable bonds is 2. The summed E-state index contributed by atoms with van der Waals surface area (Å²) in [4.78, 5) is 16.1. The summed E-state index contributed by atoms with van der Waals surface area (Å²) in [6, 6.07) is 1.42. The summed E-state index contributed by atoms with van der Waals surface area (Å²) in [5, 5.41) is 10.5. The molecular formula is C9H11N3O3. The van der Waals surface area contributed by atoms with Crippen molar-refractivity contribution in [1.29, 1.82) is 0 Å². The van der Waals surface area contributed by atoms with Crippen LogP contribution in [0.1, 0.15) is 6.92 Å². The minimum absolute atomic E-state index is 0.0355. The molecule has 15 heavy (non-hydrogen) atoms. The normalized spacial score (nSPS) is 14.3. The van der Waals surface area contributed by atoms with E-state index in [0.717, 1.165) is 13.1 Å². The van der Waals surface area contributed by atoms with Gasteiger partial charge >= 0.3 is 0 Å². The second-order valence-corrected chi connectivity index (χ2v) is 3.20. The second kappa shape index (κ2) is 3.72. The van der Waals surface area contributed by atoms with Crippen molar-refractivity contribution in [2.24, 2.45) is 0 Å². The molecule has 6 nitrogen and oxygen atoms in total. The van der Waals surface area contributed by atoms with Gasteiger partial charge in [0, 0.05) is 6.54 Å². The smallest absolute Gasteiger partial charge is 0.291 e. The van der Waals surface area contributed by atoms with Crippen molar-refractivity contribution >= 4 is 11.5 Å². The zero-order valence-electron chi connectivity index (χ0n) is 8.34. The third kappa shape index (κ3) is 1.70. The van der Waals surface area contributed by atoms with E-state index < -0.39 is 4.92 Å². The van der Waals surface area contributed by atoms with Gasteiger partial charge in [-0.05, 0) is 6.92 Å². The summed E-state index contributed by atoms with van der Waals surface area (Å²) in [6.07, 6.45) is 1.26. The van der Waals surface area contributed by atoms with Gasteiger partial charge in [0.05, 0.1) is 17.5 Å². The predicted octanol–water partition coefficient (Wildman–Crippen LogP) is 1.21. The molecule has 0 radical (unpaired) electrons. The average Bonchev–Trinajstić information content (AvgIpc) is 2.27. The van der Waals surface area contributed by atoms with Crippen LogP contribution < -0.4 is 9.64 Å². The Hall–Kier alpha value is -1.85. The molecule has 80 valence electrons. The van der Waals surface area contributed by atoms with Crippen LogP contribution in [-0.4, -0.2) is 29.6 Å². The molecule has 0 spiro atoms. The number of aromatic nitrogens is 1. The molecule has 0 unspecified atom stereocenters. The van der Waals surface area contributed by atoms with Gasteiger partial charge in [-0.25, -0.2) is 4.98 Å². The third-order valence-electron chi connectivity index (χ3n) is 2.33. The highest BCUT2D eigenvalue weighted by molar-refractivity contribution is 5.57. The number of hydrogen-bond donors (Lipinski definition) is 0. The molecule has 1 aromatic rings. The van der Waals surface area contributed by atoms with Crippen molar-refractivity contribution in [2.45, 2.75) is 6.92 Å². The van der Waals surface area contributed by atoms with Gasteiger partial charge in [0.2, 0.25) is 0 Å². The Balaban J connectivity index is 2.40. The highest BCUT2D eigenvalue weighted by Crippen LogP contribution is 2.31. The van der Waals surface area contributed by atoms with Crippen LogP contribution >= 0.6 is 0 Å². The Kier molecular flexibility index (Phi) is 2.40. The Morgan fingerprint density at radius 3 is 3.20 bits per heavy atom. The molecule has 6 heteroatoms. The molecule has 0 amide bonds. The first-order chi connectivity index (χ1) is 7.22. The molecule has 1 aliphatic heterocycles. The monoisotopic (exact) mass is 209 g/mol. The molecule has 0 saturated carbocycles. The lowest BCUT2D eigenvalue weighted by Crippen LogP contribution is -2.33. The maximum atomic E-state index is 10.5. The number of anilines is 1. The molecule has 1 aliphatic rings. The van der Waals surface area contributed by atoms with Crippen LogP contribution in [0.25, 0.3) is 0 Å². The summed E-state index contributed by atoms with van der Waals surface area (Å²) < 4.78 is 5.34. The predicted molar refractivity (Wildman–Crippen MR) is 54.3 cm³/mol. The maximum absolute atomic E-state index is 10.5. The van der Waals surface area contributed by atoms with Crippen LogP contribution in [0.2, 0.25) is 0 Å². The zero-order valence-corrected chi connectivity index (χ0v) is 8.34. The zero-order chi connectivity index (χ0) is 10.8. The van der Waals surface area contributed by atoms with Gasteiger partial charge in [-0.1, -0.05) is 0 Å². The van der Waals surface area contributed by atoms with Crippen LogP contribution in [0.3, 0.4) is 0 Å². The van der Waals surface area contributed by atoms with E-state index in [4.69, 9.17) is 4.74 Å². The maximum Gasteiger partial charge on any atom is 0.291 e. The lowest BCUT2D eigenvalue weighted by Gasteiger charge is -2.28. The minimum Gasteiger partial charge on any atom is -0.488 e. The Labute approximate surface area is 86.6 Å². The lowest BCUT2D eigenvalue weighted by atomic mass is 10.3. The molecule has 0 saturated heterocycles. The van der Waals surface area contributed by atoms with Gasteiger partial charge in [-0.3, -0.25) is 10.1 Å². The Morgan fingerprint density at radius 1 is 1.73 bits per heavy atom. The fraction of sp³-hybridized carbons (Fsp3) is 0.444. The molecule has 0 aromatic carbocycles. The molecule has 2 rings (SSSR count). The van der Waals surface area contributed by atoms with E-state index >= 15 is 0 Å². The molecule has 0 atom stereocenters. The van der Waals surface area contributed by atoms with Crippen molar-refractivity contribution in [3.8, 4) is 5.75 Å². The molecule has 0 N–H and O–H groups in total. The summed E-state index contributed by atoms with van der Waals surface area (Å²) in [5.74, 6) is 1.19. The minimum atomic E-state index is -0.471. The molecular weight excluding hydrogens is 198 g/mol. The number of ether oxygens (including phenoxy) is 1.